The van der Waals surface area contributed by atoms with Crippen LogP contribution < -0.4 is 5.32 Å². The Kier molecular flexibility index (Phi) is 6.21. The molecule has 1 aliphatic rings. The minimum Gasteiger partial charge on any atom is -0.325 e. The van der Waals surface area contributed by atoms with E-state index in [1.807, 2.05) is 55.5 Å². The summed E-state index contributed by atoms with van der Waals surface area (Å²) in [5, 5.41) is 13.2. The van der Waals surface area contributed by atoms with Crippen molar-refractivity contribution in [2.45, 2.75) is 43.8 Å². The third kappa shape index (κ3) is 4.65. The summed E-state index contributed by atoms with van der Waals surface area (Å²) in [6.07, 6.45) is 4.59. The summed E-state index contributed by atoms with van der Waals surface area (Å²) < 4.78 is 2.18. The maximum Gasteiger partial charge on any atom is 0.234 e. The van der Waals surface area contributed by atoms with Crippen molar-refractivity contribution in [3.05, 3.63) is 59.1 Å². The lowest BCUT2D eigenvalue weighted by molar-refractivity contribution is -0.113. The molecule has 1 N–H and O–H groups in total. The molecule has 1 aromatic heterocycles. The number of benzene rings is 2. The fraction of sp³-hybridized carbons (Fsp3) is 0.318. The number of hydrogen-bond donors (Lipinski definition) is 1. The first-order chi connectivity index (χ1) is 14.1. The Hall–Kier alpha value is -2.31. The normalized spacial score (nSPS) is 14.3. The Bertz CT molecular complexity index is 1010. The minimum atomic E-state index is -0.0548. The van der Waals surface area contributed by atoms with Crippen LogP contribution in [0.1, 0.15) is 37.3 Å². The maximum atomic E-state index is 12.5. The summed E-state index contributed by atoms with van der Waals surface area (Å²) >= 11 is 7.85. The SMILES string of the molecule is Cc1cccc(NC(=O)CSc2nnc(-c3ccccc3Cl)n2C2CCCC2)c1. The maximum absolute atomic E-state index is 12.5. The largest absolute Gasteiger partial charge is 0.325 e. The molecule has 0 unspecified atom stereocenters. The highest BCUT2D eigenvalue weighted by molar-refractivity contribution is 7.99. The predicted molar refractivity (Wildman–Crippen MR) is 119 cm³/mol. The highest BCUT2D eigenvalue weighted by Gasteiger charge is 2.26. The van der Waals surface area contributed by atoms with Gasteiger partial charge < -0.3 is 5.32 Å². The van der Waals surface area contributed by atoms with Crippen LogP contribution in [0.5, 0.6) is 0 Å². The van der Waals surface area contributed by atoms with Crippen LogP contribution in [-0.4, -0.2) is 26.4 Å². The second-order valence-corrected chi connectivity index (χ2v) is 8.65. The quantitative estimate of drug-likeness (QED) is 0.509. The monoisotopic (exact) mass is 426 g/mol. The van der Waals surface area contributed by atoms with Gasteiger partial charge in [0.1, 0.15) is 0 Å². The molecular formula is C22H23ClN4OS. The summed E-state index contributed by atoms with van der Waals surface area (Å²) in [6, 6.07) is 15.8. The van der Waals surface area contributed by atoms with E-state index in [-0.39, 0.29) is 11.7 Å². The van der Waals surface area contributed by atoms with Crippen molar-refractivity contribution < 1.29 is 4.79 Å². The molecule has 0 saturated heterocycles. The third-order valence-corrected chi connectivity index (χ3v) is 6.38. The zero-order chi connectivity index (χ0) is 20.2. The van der Waals surface area contributed by atoms with E-state index >= 15 is 0 Å². The Labute approximate surface area is 179 Å². The molecule has 4 rings (SSSR count). The summed E-state index contributed by atoms with van der Waals surface area (Å²) in [4.78, 5) is 12.5. The van der Waals surface area contributed by atoms with Crippen molar-refractivity contribution in [1.29, 1.82) is 0 Å². The van der Waals surface area contributed by atoms with Crippen molar-refractivity contribution in [2.24, 2.45) is 0 Å². The van der Waals surface area contributed by atoms with Gasteiger partial charge in [-0.2, -0.15) is 0 Å². The standard InChI is InChI=1S/C22H23ClN4OS/c1-15-7-6-8-16(13-15)24-20(28)14-29-22-26-25-21(18-11-4-5-12-19(18)23)27(22)17-9-2-3-10-17/h4-8,11-13,17H,2-3,9-10,14H2,1H3,(H,24,28). The third-order valence-electron chi connectivity index (χ3n) is 5.10. The molecule has 1 heterocycles. The molecule has 0 bridgehead atoms. The molecule has 1 fully saturated rings. The van der Waals surface area contributed by atoms with Crippen molar-refractivity contribution >= 4 is 35.0 Å². The molecule has 3 aromatic rings. The lowest BCUT2D eigenvalue weighted by Gasteiger charge is -2.17. The highest BCUT2D eigenvalue weighted by Crippen LogP contribution is 2.38. The first-order valence-electron chi connectivity index (χ1n) is 9.81. The van der Waals surface area contributed by atoms with E-state index < -0.39 is 0 Å². The molecule has 0 aliphatic heterocycles. The Balaban J connectivity index is 1.54. The number of halogens is 1. The second-order valence-electron chi connectivity index (χ2n) is 7.30. The van der Waals surface area contributed by atoms with Gasteiger partial charge in [0.05, 0.1) is 10.8 Å². The fourth-order valence-corrected chi connectivity index (χ4v) is 4.77. The first kappa shape index (κ1) is 20.0. The second kappa shape index (κ2) is 9.01. The Morgan fingerprint density at radius 1 is 1.17 bits per heavy atom. The molecule has 150 valence electrons. The summed E-state index contributed by atoms with van der Waals surface area (Å²) in [5.74, 6) is 1.01. The molecular weight excluding hydrogens is 404 g/mol. The van der Waals surface area contributed by atoms with E-state index in [2.05, 4.69) is 20.1 Å². The molecule has 1 aliphatic carbocycles. The number of thioether (sulfide) groups is 1. The van der Waals surface area contributed by atoms with Crippen LogP contribution in [0.15, 0.2) is 53.7 Å². The molecule has 7 heteroatoms. The van der Waals surface area contributed by atoms with Crippen molar-refractivity contribution in [3.8, 4) is 11.4 Å². The summed E-state index contributed by atoms with van der Waals surface area (Å²) in [6.45, 7) is 2.00. The number of aromatic nitrogens is 3. The van der Waals surface area contributed by atoms with Crippen molar-refractivity contribution in [3.63, 3.8) is 0 Å². The Morgan fingerprint density at radius 2 is 1.97 bits per heavy atom. The van der Waals surface area contributed by atoms with Crippen LogP contribution in [0.4, 0.5) is 5.69 Å². The van der Waals surface area contributed by atoms with Crippen molar-refractivity contribution in [1.82, 2.24) is 14.8 Å². The van der Waals surface area contributed by atoms with Gasteiger partial charge in [0.2, 0.25) is 5.91 Å². The van der Waals surface area contributed by atoms with Gasteiger partial charge in [-0.25, -0.2) is 0 Å². The highest BCUT2D eigenvalue weighted by atomic mass is 35.5. The minimum absolute atomic E-state index is 0.0548. The van der Waals surface area contributed by atoms with E-state index in [1.54, 1.807) is 0 Å². The zero-order valence-corrected chi connectivity index (χ0v) is 17.8. The van der Waals surface area contributed by atoms with Crippen LogP contribution in [-0.2, 0) is 4.79 Å². The van der Waals surface area contributed by atoms with E-state index in [0.717, 1.165) is 40.6 Å². The Morgan fingerprint density at radius 3 is 2.72 bits per heavy atom. The van der Waals surface area contributed by atoms with E-state index in [0.29, 0.717) is 11.1 Å². The molecule has 0 atom stereocenters. The molecule has 5 nitrogen and oxygen atoms in total. The number of rotatable bonds is 6. The van der Waals surface area contributed by atoms with Gasteiger partial charge in [-0.15, -0.1) is 10.2 Å². The molecule has 0 spiro atoms. The number of anilines is 1. The van der Waals surface area contributed by atoms with Crippen LogP contribution in [0.2, 0.25) is 5.02 Å². The summed E-state index contributed by atoms with van der Waals surface area (Å²) in [7, 11) is 0. The van der Waals surface area contributed by atoms with E-state index in [1.165, 1.54) is 24.6 Å². The summed E-state index contributed by atoms with van der Waals surface area (Å²) in [5.41, 5.74) is 2.80. The number of hydrogen-bond acceptors (Lipinski definition) is 4. The topological polar surface area (TPSA) is 59.8 Å². The van der Waals surface area contributed by atoms with Gasteiger partial charge in [0, 0.05) is 17.3 Å². The average molecular weight is 427 g/mol. The predicted octanol–water partition coefficient (Wildman–Crippen LogP) is 5.75. The van der Waals surface area contributed by atoms with Gasteiger partial charge >= 0.3 is 0 Å². The van der Waals surface area contributed by atoms with Crippen molar-refractivity contribution in [2.75, 3.05) is 11.1 Å². The van der Waals surface area contributed by atoms with Gasteiger partial charge in [-0.05, 0) is 49.6 Å². The van der Waals surface area contributed by atoms with Gasteiger partial charge in [-0.3, -0.25) is 9.36 Å². The van der Waals surface area contributed by atoms with Gasteiger partial charge in [-0.1, -0.05) is 60.5 Å². The first-order valence-corrected chi connectivity index (χ1v) is 11.2. The number of nitrogens with zero attached hydrogens (tertiary/aromatic N) is 3. The van der Waals surface area contributed by atoms with Crippen LogP contribution in [0.25, 0.3) is 11.4 Å². The molecule has 0 radical (unpaired) electrons. The lowest BCUT2D eigenvalue weighted by atomic mass is 10.2. The number of carbonyl (C=O) groups excluding carboxylic acids is 1. The van der Waals surface area contributed by atoms with Gasteiger partial charge in [0.25, 0.3) is 0 Å². The van der Waals surface area contributed by atoms with Crippen LogP contribution >= 0.6 is 23.4 Å². The number of carbonyl (C=O) groups is 1. The smallest absolute Gasteiger partial charge is 0.234 e. The number of nitrogens with one attached hydrogen (secondary N) is 1. The zero-order valence-electron chi connectivity index (χ0n) is 16.3. The van der Waals surface area contributed by atoms with Crippen LogP contribution in [0, 0.1) is 6.92 Å². The molecule has 1 saturated carbocycles. The number of aryl methyl sites for hydroxylation is 1. The molecule has 29 heavy (non-hydrogen) atoms. The molecule has 1 amide bonds. The molecule has 2 aromatic carbocycles. The number of amides is 1. The van der Waals surface area contributed by atoms with E-state index in [9.17, 15) is 4.79 Å². The van der Waals surface area contributed by atoms with Crippen LogP contribution in [0.3, 0.4) is 0 Å². The lowest BCUT2D eigenvalue weighted by Crippen LogP contribution is -2.15. The van der Waals surface area contributed by atoms with Gasteiger partial charge in [0.15, 0.2) is 11.0 Å². The average Bonchev–Trinajstić information content (AvgIpc) is 3.36. The fourth-order valence-electron chi connectivity index (χ4n) is 3.74. The van der Waals surface area contributed by atoms with E-state index in [4.69, 9.17) is 11.6 Å².